The van der Waals surface area contributed by atoms with E-state index in [1.54, 1.807) is 0 Å². The third-order valence-corrected chi connectivity index (χ3v) is 4.68. The number of nitrogens with zero attached hydrogens (tertiary/aromatic N) is 1. The fourth-order valence-corrected chi connectivity index (χ4v) is 3.49. The van der Waals surface area contributed by atoms with Crippen LogP contribution in [0.3, 0.4) is 0 Å². The highest BCUT2D eigenvalue weighted by Crippen LogP contribution is 2.26. The molecule has 1 heterocycles. The van der Waals surface area contributed by atoms with E-state index in [9.17, 15) is 0 Å². The molecule has 2 nitrogen and oxygen atoms in total. The van der Waals surface area contributed by atoms with Crippen molar-refractivity contribution in [2.45, 2.75) is 19.9 Å². The number of amidine groups is 1. The van der Waals surface area contributed by atoms with Crippen molar-refractivity contribution in [1.82, 2.24) is 0 Å². The van der Waals surface area contributed by atoms with Gasteiger partial charge in [-0.2, -0.15) is 0 Å². The van der Waals surface area contributed by atoms with Gasteiger partial charge in [0.25, 0.3) is 0 Å². The maximum atomic E-state index is 4.73. The summed E-state index contributed by atoms with van der Waals surface area (Å²) in [6.07, 6.45) is 0. The summed E-state index contributed by atoms with van der Waals surface area (Å²) < 4.78 is 0. The van der Waals surface area contributed by atoms with Crippen molar-refractivity contribution in [1.29, 1.82) is 0 Å². The molecule has 21 heavy (non-hydrogen) atoms. The quantitative estimate of drug-likeness (QED) is 0.871. The van der Waals surface area contributed by atoms with Gasteiger partial charge in [0, 0.05) is 11.4 Å². The van der Waals surface area contributed by atoms with Crippen LogP contribution in [-0.2, 0) is 0 Å². The molecular formula is C18H20N2S. The van der Waals surface area contributed by atoms with Crippen molar-refractivity contribution < 1.29 is 0 Å². The Balaban J connectivity index is 1.70. The van der Waals surface area contributed by atoms with Crippen molar-refractivity contribution in [3.8, 4) is 11.1 Å². The van der Waals surface area contributed by atoms with Crippen LogP contribution in [0.25, 0.3) is 11.1 Å². The minimum Gasteiger partial charge on any atom is -0.335 e. The van der Waals surface area contributed by atoms with Crippen LogP contribution in [-0.4, -0.2) is 17.0 Å². The van der Waals surface area contributed by atoms with Gasteiger partial charge in [-0.15, -0.1) is 0 Å². The maximum absolute atomic E-state index is 4.73. The lowest BCUT2D eigenvalue weighted by Gasteiger charge is -2.08. The van der Waals surface area contributed by atoms with Gasteiger partial charge in [0.1, 0.15) is 0 Å². The van der Waals surface area contributed by atoms with Crippen LogP contribution in [0.5, 0.6) is 0 Å². The van der Waals surface area contributed by atoms with Gasteiger partial charge in [0.2, 0.25) is 0 Å². The number of hydrogen-bond acceptors (Lipinski definition) is 3. The van der Waals surface area contributed by atoms with E-state index in [0.717, 1.165) is 16.6 Å². The summed E-state index contributed by atoms with van der Waals surface area (Å²) in [5.41, 5.74) is 3.59. The summed E-state index contributed by atoms with van der Waals surface area (Å²) >= 11 is 1.81. The zero-order chi connectivity index (χ0) is 14.7. The number of hydrogen-bond donors (Lipinski definition) is 1. The molecule has 0 spiro atoms. The molecule has 3 rings (SSSR count). The largest absolute Gasteiger partial charge is 0.335 e. The van der Waals surface area contributed by atoms with Gasteiger partial charge in [0.15, 0.2) is 5.17 Å². The molecule has 0 saturated heterocycles. The number of aliphatic imine (C=N–C) groups is 1. The Kier molecular flexibility index (Phi) is 4.30. The summed E-state index contributed by atoms with van der Waals surface area (Å²) in [4.78, 5) is 4.73. The highest BCUT2D eigenvalue weighted by Gasteiger charge is 2.20. The lowest BCUT2D eigenvalue weighted by Crippen LogP contribution is -2.12. The highest BCUT2D eigenvalue weighted by molar-refractivity contribution is 8.14. The van der Waals surface area contributed by atoms with Crippen molar-refractivity contribution in [2.75, 3.05) is 11.1 Å². The van der Waals surface area contributed by atoms with Crippen molar-refractivity contribution in [3.05, 3.63) is 54.6 Å². The minimum absolute atomic E-state index is 0.445. The Labute approximate surface area is 130 Å². The second kappa shape index (κ2) is 6.35. The summed E-state index contributed by atoms with van der Waals surface area (Å²) in [5, 5.41) is 4.46. The second-order valence-electron chi connectivity index (χ2n) is 5.62. The van der Waals surface area contributed by atoms with Gasteiger partial charge >= 0.3 is 0 Å². The molecule has 1 N–H and O–H groups in total. The molecule has 0 aromatic heterocycles. The third kappa shape index (κ3) is 3.48. The summed E-state index contributed by atoms with van der Waals surface area (Å²) in [6, 6.07) is 19.4. The van der Waals surface area contributed by atoms with Crippen LogP contribution in [0.2, 0.25) is 0 Å². The number of thioether (sulfide) groups is 1. The molecule has 1 atom stereocenters. The first-order valence-electron chi connectivity index (χ1n) is 7.35. The molecule has 0 bridgehead atoms. The van der Waals surface area contributed by atoms with E-state index in [0.29, 0.717) is 12.0 Å². The summed E-state index contributed by atoms with van der Waals surface area (Å²) in [7, 11) is 0. The first-order chi connectivity index (χ1) is 10.2. The molecule has 0 unspecified atom stereocenters. The number of nitrogens with one attached hydrogen (secondary N) is 1. The Morgan fingerprint density at radius 2 is 1.67 bits per heavy atom. The summed E-state index contributed by atoms with van der Waals surface area (Å²) in [6.45, 7) is 4.46. The molecule has 0 fully saturated rings. The van der Waals surface area contributed by atoms with E-state index in [-0.39, 0.29) is 0 Å². The number of anilines is 1. The second-order valence-corrected chi connectivity index (χ2v) is 6.63. The first kappa shape index (κ1) is 14.2. The van der Waals surface area contributed by atoms with Gasteiger partial charge in [-0.25, -0.2) is 0 Å². The molecule has 0 aliphatic carbocycles. The smallest absolute Gasteiger partial charge is 0.161 e. The summed E-state index contributed by atoms with van der Waals surface area (Å²) in [5.74, 6) is 1.69. The lowest BCUT2D eigenvalue weighted by atomic mass is 10.1. The standard InChI is InChI=1S/C18H20N2S/c1-13(2)17-12-21-18(20-17)19-16-10-8-15(9-11-16)14-6-4-3-5-7-14/h3-11,13,17H,12H2,1-2H3,(H,19,20)/t17-/m1/s1. The van der Waals surface area contributed by atoms with E-state index in [1.807, 2.05) is 17.8 Å². The monoisotopic (exact) mass is 296 g/mol. The Hall–Kier alpha value is -1.74. The van der Waals surface area contributed by atoms with Crippen LogP contribution < -0.4 is 5.32 Å². The van der Waals surface area contributed by atoms with E-state index in [2.05, 4.69) is 67.7 Å². The molecule has 0 saturated carbocycles. The SMILES string of the molecule is CC(C)[C@H]1CSC(Nc2ccc(-c3ccccc3)cc2)=N1. The lowest BCUT2D eigenvalue weighted by molar-refractivity contribution is 0.543. The molecule has 1 aliphatic heterocycles. The van der Waals surface area contributed by atoms with Crippen LogP contribution in [0.4, 0.5) is 5.69 Å². The fourth-order valence-electron chi connectivity index (χ4n) is 2.30. The molecule has 3 heteroatoms. The fraction of sp³-hybridized carbons (Fsp3) is 0.278. The van der Waals surface area contributed by atoms with Crippen LogP contribution in [0, 0.1) is 5.92 Å². The van der Waals surface area contributed by atoms with Gasteiger partial charge in [-0.3, -0.25) is 4.99 Å². The molecular weight excluding hydrogens is 276 g/mol. The zero-order valence-electron chi connectivity index (χ0n) is 12.4. The average Bonchev–Trinajstić information content (AvgIpc) is 2.98. The Morgan fingerprint density at radius 1 is 1.00 bits per heavy atom. The van der Waals surface area contributed by atoms with Gasteiger partial charge in [-0.1, -0.05) is 68.1 Å². The van der Waals surface area contributed by atoms with Crippen molar-refractivity contribution in [3.63, 3.8) is 0 Å². The molecule has 0 radical (unpaired) electrons. The van der Waals surface area contributed by atoms with E-state index in [1.165, 1.54) is 11.1 Å². The zero-order valence-corrected chi connectivity index (χ0v) is 13.2. The van der Waals surface area contributed by atoms with E-state index in [4.69, 9.17) is 4.99 Å². The van der Waals surface area contributed by atoms with E-state index < -0.39 is 0 Å². The number of rotatable bonds is 3. The van der Waals surface area contributed by atoms with Gasteiger partial charge < -0.3 is 5.32 Å². The molecule has 0 amide bonds. The van der Waals surface area contributed by atoms with Crippen molar-refractivity contribution in [2.24, 2.45) is 10.9 Å². The molecule has 108 valence electrons. The van der Waals surface area contributed by atoms with Crippen molar-refractivity contribution >= 4 is 22.6 Å². The molecule has 2 aromatic rings. The predicted octanol–water partition coefficient (Wildman–Crippen LogP) is 4.89. The van der Waals surface area contributed by atoms with Gasteiger partial charge in [-0.05, 0) is 29.2 Å². The maximum Gasteiger partial charge on any atom is 0.161 e. The normalized spacial score (nSPS) is 17.9. The third-order valence-electron chi connectivity index (χ3n) is 3.69. The Morgan fingerprint density at radius 3 is 2.29 bits per heavy atom. The first-order valence-corrected chi connectivity index (χ1v) is 8.34. The minimum atomic E-state index is 0.445. The predicted molar refractivity (Wildman–Crippen MR) is 94.0 cm³/mol. The highest BCUT2D eigenvalue weighted by atomic mass is 32.2. The molecule has 1 aliphatic rings. The number of benzene rings is 2. The van der Waals surface area contributed by atoms with E-state index >= 15 is 0 Å². The average molecular weight is 296 g/mol. The van der Waals surface area contributed by atoms with Crippen LogP contribution in [0.15, 0.2) is 59.6 Å². The molecule has 2 aromatic carbocycles. The van der Waals surface area contributed by atoms with Crippen LogP contribution >= 0.6 is 11.8 Å². The van der Waals surface area contributed by atoms with Gasteiger partial charge in [0.05, 0.1) is 6.04 Å². The Bertz CT molecular complexity index is 617. The van der Waals surface area contributed by atoms with Crippen LogP contribution in [0.1, 0.15) is 13.8 Å². The topological polar surface area (TPSA) is 24.4 Å².